The maximum absolute atomic E-state index is 12.3. The van der Waals surface area contributed by atoms with Crippen LogP contribution in [-0.2, 0) is 6.54 Å². The number of rotatable bonds is 5. The highest BCUT2D eigenvalue weighted by atomic mass is 35.5. The number of nitrogens with zero attached hydrogens (tertiary/aromatic N) is 4. The minimum absolute atomic E-state index is 0.0528. The molecule has 0 fully saturated rings. The molecule has 34 heavy (non-hydrogen) atoms. The van der Waals surface area contributed by atoms with E-state index in [0.717, 1.165) is 16.1 Å². The normalized spacial score (nSPS) is 13.2. The molecule has 1 aromatic heterocycles. The second-order valence-corrected chi connectivity index (χ2v) is 8.25. The van der Waals surface area contributed by atoms with Crippen LogP contribution in [0.2, 0.25) is 10.0 Å². The van der Waals surface area contributed by atoms with Gasteiger partial charge in [-0.1, -0.05) is 59.6 Å². The van der Waals surface area contributed by atoms with Crippen LogP contribution in [0, 0.1) is 18.3 Å². The van der Waals surface area contributed by atoms with Gasteiger partial charge in [-0.15, -0.1) is 0 Å². The SMILES string of the molecule is C=C1NC(=O)N(c2cc(Cl)c(Oc3ccc(=O)n(Cc4ccc(C)cc4)c3)c(Cl)c2)N=C1C#N. The van der Waals surface area contributed by atoms with Crippen molar-refractivity contribution in [3.05, 3.63) is 98.5 Å². The Kier molecular flexibility index (Phi) is 6.41. The zero-order valence-corrected chi connectivity index (χ0v) is 19.4. The summed E-state index contributed by atoms with van der Waals surface area (Å²) in [6.07, 6.45) is 1.57. The van der Waals surface area contributed by atoms with Crippen molar-refractivity contribution in [3.8, 4) is 17.6 Å². The van der Waals surface area contributed by atoms with Gasteiger partial charge >= 0.3 is 6.03 Å². The number of carbonyl (C=O) groups excluding carboxylic acids is 1. The number of urea groups is 1. The number of carbonyl (C=O) groups is 1. The Morgan fingerprint density at radius 3 is 2.44 bits per heavy atom. The molecule has 0 saturated heterocycles. The van der Waals surface area contributed by atoms with Crippen molar-refractivity contribution < 1.29 is 9.53 Å². The van der Waals surface area contributed by atoms with E-state index in [1.54, 1.807) is 6.20 Å². The van der Waals surface area contributed by atoms with Gasteiger partial charge in [0.1, 0.15) is 11.8 Å². The molecule has 0 bridgehead atoms. The molecule has 2 aromatic carbocycles. The van der Waals surface area contributed by atoms with Crippen LogP contribution in [0.15, 0.2) is 76.9 Å². The van der Waals surface area contributed by atoms with Gasteiger partial charge in [0.2, 0.25) is 0 Å². The highest BCUT2D eigenvalue weighted by molar-refractivity contribution is 6.37. The zero-order valence-electron chi connectivity index (χ0n) is 17.9. The molecular weight excluding hydrogens is 477 g/mol. The van der Waals surface area contributed by atoms with Crippen molar-refractivity contribution in [1.82, 2.24) is 9.88 Å². The smallest absolute Gasteiger partial charge is 0.347 e. The van der Waals surface area contributed by atoms with Crippen LogP contribution in [0.1, 0.15) is 11.1 Å². The predicted octanol–water partition coefficient (Wildman–Crippen LogP) is 5.23. The van der Waals surface area contributed by atoms with Gasteiger partial charge < -0.3 is 14.6 Å². The predicted molar refractivity (Wildman–Crippen MR) is 131 cm³/mol. The largest absolute Gasteiger partial charge is 0.453 e. The second kappa shape index (κ2) is 9.43. The Morgan fingerprint density at radius 2 is 1.79 bits per heavy atom. The van der Waals surface area contributed by atoms with E-state index in [1.807, 2.05) is 37.3 Å². The third kappa shape index (κ3) is 4.81. The van der Waals surface area contributed by atoms with E-state index in [0.29, 0.717) is 12.3 Å². The molecule has 2 amide bonds. The number of aromatic nitrogens is 1. The number of ether oxygens (including phenoxy) is 1. The van der Waals surface area contributed by atoms with Crippen molar-refractivity contribution in [2.45, 2.75) is 13.5 Å². The first-order valence-corrected chi connectivity index (χ1v) is 10.7. The maximum Gasteiger partial charge on any atom is 0.347 e. The molecule has 1 N–H and O–H groups in total. The van der Waals surface area contributed by atoms with Crippen molar-refractivity contribution >= 4 is 40.6 Å². The summed E-state index contributed by atoms with van der Waals surface area (Å²) in [7, 11) is 0. The van der Waals surface area contributed by atoms with E-state index in [1.165, 1.54) is 28.8 Å². The first-order chi connectivity index (χ1) is 16.2. The van der Waals surface area contributed by atoms with Gasteiger partial charge in [-0.2, -0.15) is 15.4 Å². The lowest BCUT2D eigenvalue weighted by Crippen LogP contribution is -2.42. The van der Waals surface area contributed by atoms with Gasteiger partial charge in [0.25, 0.3) is 5.56 Å². The Balaban J connectivity index is 1.62. The molecule has 0 atom stereocenters. The second-order valence-electron chi connectivity index (χ2n) is 7.44. The standard InChI is InChI=1S/C24H17Cl2N5O3/c1-14-3-5-16(6-4-14)12-30-13-18(7-8-22(30)32)34-23-19(25)9-17(10-20(23)26)31-24(33)28-15(2)21(11-27)29-31/h3-10,13H,2,12H2,1H3,(H,28,33). The number of nitriles is 1. The molecule has 0 aliphatic carbocycles. The fraction of sp³-hybridized carbons (Fsp3) is 0.0833. The molecule has 3 aromatic rings. The molecule has 0 radical (unpaired) electrons. The van der Waals surface area contributed by atoms with Gasteiger partial charge in [0.05, 0.1) is 34.2 Å². The molecule has 1 aliphatic heterocycles. The minimum atomic E-state index is -0.618. The van der Waals surface area contributed by atoms with Crippen LogP contribution in [0.25, 0.3) is 0 Å². The molecular formula is C24H17Cl2N5O3. The number of hydrogen-bond donors (Lipinski definition) is 1. The molecule has 0 spiro atoms. The first kappa shape index (κ1) is 23.1. The number of hydrogen-bond acceptors (Lipinski definition) is 5. The van der Waals surface area contributed by atoms with Crippen LogP contribution < -0.4 is 20.6 Å². The quantitative estimate of drug-likeness (QED) is 0.525. The number of amides is 2. The average Bonchev–Trinajstić information content (AvgIpc) is 2.80. The van der Waals surface area contributed by atoms with Crippen molar-refractivity contribution in [2.24, 2.45) is 5.10 Å². The van der Waals surface area contributed by atoms with Gasteiger partial charge in [-0.05, 0) is 30.7 Å². The summed E-state index contributed by atoms with van der Waals surface area (Å²) in [4.78, 5) is 24.6. The molecule has 0 unspecified atom stereocenters. The Labute approximate surface area is 204 Å². The Hall–Kier alpha value is -4.06. The molecule has 4 rings (SSSR count). The van der Waals surface area contributed by atoms with Crippen molar-refractivity contribution in [2.75, 3.05) is 5.01 Å². The van der Waals surface area contributed by atoms with Gasteiger partial charge in [-0.25, -0.2) is 4.79 Å². The van der Waals surface area contributed by atoms with Crippen molar-refractivity contribution in [3.63, 3.8) is 0 Å². The minimum Gasteiger partial charge on any atom is -0.453 e. The maximum atomic E-state index is 12.3. The zero-order chi connectivity index (χ0) is 24.4. The lowest BCUT2D eigenvalue weighted by Gasteiger charge is -2.24. The van der Waals surface area contributed by atoms with Gasteiger partial charge in [-0.3, -0.25) is 4.79 Å². The van der Waals surface area contributed by atoms with E-state index in [2.05, 4.69) is 17.0 Å². The summed E-state index contributed by atoms with van der Waals surface area (Å²) >= 11 is 12.8. The molecule has 8 nitrogen and oxygen atoms in total. The number of nitrogens with one attached hydrogen (secondary N) is 1. The Morgan fingerprint density at radius 1 is 1.12 bits per heavy atom. The number of benzene rings is 2. The number of pyridine rings is 1. The van der Waals surface area contributed by atoms with Gasteiger partial charge in [0.15, 0.2) is 11.5 Å². The number of anilines is 1. The third-order valence-electron chi connectivity index (χ3n) is 4.92. The summed E-state index contributed by atoms with van der Waals surface area (Å²) in [6, 6.07) is 14.9. The lowest BCUT2D eigenvalue weighted by atomic mass is 10.1. The summed E-state index contributed by atoms with van der Waals surface area (Å²) in [5, 5.41) is 16.7. The number of halogens is 2. The topological polar surface area (TPSA) is 99.7 Å². The number of allylic oxidation sites excluding steroid dienone is 1. The Bertz CT molecular complexity index is 1420. The average molecular weight is 494 g/mol. The number of aryl methyl sites for hydroxylation is 1. The van der Waals surface area contributed by atoms with Crippen LogP contribution >= 0.6 is 23.2 Å². The molecule has 1 aliphatic rings. The van der Waals surface area contributed by atoms with Crippen LogP contribution in [-0.4, -0.2) is 16.3 Å². The van der Waals surface area contributed by atoms with Crippen LogP contribution in [0.3, 0.4) is 0 Å². The highest BCUT2D eigenvalue weighted by Gasteiger charge is 2.26. The van der Waals surface area contributed by atoms with Crippen molar-refractivity contribution in [1.29, 1.82) is 5.26 Å². The fourth-order valence-electron chi connectivity index (χ4n) is 3.18. The summed E-state index contributed by atoms with van der Waals surface area (Å²) in [6.45, 7) is 5.93. The van der Waals surface area contributed by atoms with E-state index < -0.39 is 6.03 Å². The van der Waals surface area contributed by atoms with E-state index in [4.69, 9.17) is 33.2 Å². The monoisotopic (exact) mass is 493 g/mol. The summed E-state index contributed by atoms with van der Waals surface area (Å²) < 4.78 is 7.39. The van der Waals surface area contributed by atoms with Crippen LogP contribution in [0.4, 0.5) is 10.5 Å². The summed E-state index contributed by atoms with van der Waals surface area (Å²) in [5.41, 5.74) is 2.17. The summed E-state index contributed by atoms with van der Waals surface area (Å²) in [5.74, 6) is 0.485. The molecule has 170 valence electrons. The lowest BCUT2D eigenvalue weighted by molar-refractivity contribution is 0.248. The molecule has 10 heteroatoms. The van der Waals surface area contributed by atoms with E-state index in [9.17, 15) is 9.59 Å². The molecule has 0 saturated carbocycles. The first-order valence-electron chi connectivity index (χ1n) is 9.97. The fourth-order valence-corrected chi connectivity index (χ4v) is 3.73. The van der Waals surface area contributed by atoms with E-state index in [-0.39, 0.29) is 38.5 Å². The van der Waals surface area contributed by atoms with Crippen LogP contribution in [0.5, 0.6) is 11.5 Å². The van der Waals surface area contributed by atoms with Gasteiger partial charge in [0, 0.05) is 6.07 Å². The molecule has 2 heterocycles. The number of hydrazone groups is 1. The highest BCUT2D eigenvalue weighted by Crippen LogP contribution is 2.40. The van der Waals surface area contributed by atoms with E-state index >= 15 is 0 Å². The third-order valence-corrected chi connectivity index (χ3v) is 5.48.